The molecule has 1 amide bonds. The molecular weight excluding hydrogens is 342 g/mol. The Morgan fingerprint density at radius 1 is 0.963 bits per heavy atom. The van der Waals surface area contributed by atoms with E-state index in [0.29, 0.717) is 22.7 Å². The first-order valence-electron chi connectivity index (χ1n) is 8.98. The van der Waals surface area contributed by atoms with Crippen LogP contribution in [0, 0.1) is 5.92 Å². The minimum Gasteiger partial charge on any atom is -0.449 e. The van der Waals surface area contributed by atoms with Crippen LogP contribution in [0.1, 0.15) is 54.0 Å². The van der Waals surface area contributed by atoms with Gasteiger partial charge in [0.25, 0.3) is 5.91 Å². The maximum atomic E-state index is 12.3. The van der Waals surface area contributed by atoms with Crippen molar-refractivity contribution in [3.63, 3.8) is 0 Å². The van der Waals surface area contributed by atoms with E-state index in [-0.39, 0.29) is 5.78 Å². The van der Waals surface area contributed by atoms with Gasteiger partial charge < -0.3 is 10.1 Å². The van der Waals surface area contributed by atoms with Crippen LogP contribution in [0.3, 0.4) is 0 Å². The number of esters is 1. The largest absolute Gasteiger partial charge is 0.449 e. The number of carbonyl (C=O) groups is 3. The van der Waals surface area contributed by atoms with Gasteiger partial charge in [0.05, 0.1) is 5.56 Å². The zero-order chi connectivity index (χ0) is 20.0. The van der Waals surface area contributed by atoms with Gasteiger partial charge in [0.1, 0.15) is 0 Å². The summed E-state index contributed by atoms with van der Waals surface area (Å²) < 4.78 is 5.25. The van der Waals surface area contributed by atoms with Crippen molar-refractivity contribution in [3.8, 4) is 0 Å². The van der Waals surface area contributed by atoms with Crippen LogP contribution in [-0.2, 0) is 16.0 Å². The fraction of sp³-hybridized carbons (Fsp3) is 0.318. The van der Waals surface area contributed by atoms with Crippen molar-refractivity contribution in [1.29, 1.82) is 0 Å². The Balaban J connectivity index is 1.96. The number of rotatable bonds is 7. The number of nitrogens with one attached hydrogen (secondary N) is 1. The molecule has 2 aromatic carbocycles. The highest BCUT2D eigenvalue weighted by Gasteiger charge is 2.19. The van der Waals surface area contributed by atoms with Gasteiger partial charge in [0, 0.05) is 11.3 Å². The van der Waals surface area contributed by atoms with Crippen LogP contribution in [0.5, 0.6) is 0 Å². The highest BCUT2D eigenvalue weighted by Crippen LogP contribution is 2.14. The monoisotopic (exact) mass is 367 g/mol. The predicted molar refractivity (Wildman–Crippen MR) is 105 cm³/mol. The van der Waals surface area contributed by atoms with Gasteiger partial charge in [-0.25, -0.2) is 4.79 Å². The highest BCUT2D eigenvalue weighted by molar-refractivity contribution is 5.99. The molecule has 2 aromatic rings. The van der Waals surface area contributed by atoms with Crippen molar-refractivity contribution in [2.24, 2.45) is 5.92 Å². The van der Waals surface area contributed by atoms with Gasteiger partial charge in [-0.15, -0.1) is 0 Å². The minimum absolute atomic E-state index is 0.0912. The van der Waals surface area contributed by atoms with E-state index in [9.17, 15) is 14.4 Å². The van der Waals surface area contributed by atoms with Crippen molar-refractivity contribution in [2.45, 2.75) is 40.2 Å². The van der Waals surface area contributed by atoms with Crippen LogP contribution in [0.4, 0.5) is 5.69 Å². The lowest BCUT2D eigenvalue weighted by atomic mass is 10.0. The average molecular weight is 367 g/mol. The van der Waals surface area contributed by atoms with E-state index in [1.807, 2.05) is 12.1 Å². The summed E-state index contributed by atoms with van der Waals surface area (Å²) in [5, 5.41) is 2.66. The highest BCUT2D eigenvalue weighted by atomic mass is 16.5. The van der Waals surface area contributed by atoms with E-state index >= 15 is 0 Å². The van der Waals surface area contributed by atoms with E-state index in [1.165, 1.54) is 13.8 Å². The molecule has 0 bridgehead atoms. The number of benzene rings is 2. The van der Waals surface area contributed by atoms with Gasteiger partial charge >= 0.3 is 5.97 Å². The molecule has 0 aromatic heterocycles. The second kappa shape index (κ2) is 9.12. The van der Waals surface area contributed by atoms with Crippen molar-refractivity contribution >= 4 is 23.3 Å². The Hall–Kier alpha value is -2.95. The molecular formula is C22H25NO4. The minimum atomic E-state index is -0.964. The quantitative estimate of drug-likeness (QED) is 0.586. The number of ketones is 1. The second-order valence-electron chi connectivity index (χ2n) is 6.97. The van der Waals surface area contributed by atoms with E-state index in [2.05, 4.69) is 19.2 Å². The maximum Gasteiger partial charge on any atom is 0.338 e. The molecule has 0 aliphatic rings. The number of Topliss-reactive ketones (excluding diaryl/α,β-unsaturated/α-hetero) is 1. The number of hydrogen-bond donors (Lipinski definition) is 1. The average Bonchev–Trinajstić information content (AvgIpc) is 2.61. The van der Waals surface area contributed by atoms with Crippen LogP contribution in [0.2, 0.25) is 0 Å². The van der Waals surface area contributed by atoms with Gasteiger partial charge in [-0.1, -0.05) is 38.1 Å². The molecule has 0 aliphatic carbocycles. The summed E-state index contributed by atoms with van der Waals surface area (Å²) in [7, 11) is 0. The van der Waals surface area contributed by atoms with Crippen LogP contribution in [-0.4, -0.2) is 23.8 Å². The van der Waals surface area contributed by atoms with Crippen LogP contribution < -0.4 is 5.32 Å². The summed E-state index contributed by atoms with van der Waals surface area (Å²) >= 11 is 0. The van der Waals surface area contributed by atoms with E-state index in [0.717, 1.165) is 12.0 Å². The molecule has 0 spiro atoms. The third-order valence-corrected chi connectivity index (χ3v) is 4.02. The number of ether oxygens (including phenoxy) is 1. The van der Waals surface area contributed by atoms with Crippen LogP contribution in [0.15, 0.2) is 48.5 Å². The second-order valence-corrected chi connectivity index (χ2v) is 6.97. The summed E-state index contributed by atoms with van der Waals surface area (Å²) in [6, 6.07) is 13.8. The number of anilines is 1. The van der Waals surface area contributed by atoms with Crippen molar-refractivity contribution in [1.82, 2.24) is 0 Å². The van der Waals surface area contributed by atoms with Gasteiger partial charge in [0.2, 0.25) is 0 Å². The zero-order valence-corrected chi connectivity index (χ0v) is 16.1. The van der Waals surface area contributed by atoms with Gasteiger partial charge in [-0.3, -0.25) is 9.59 Å². The van der Waals surface area contributed by atoms with Gasteiger partial charge in [-0.2, -0.15) is 0 Å². The van der Waals surface area contributed by atoms with Crippen LogP contribution in [0.25, 0.3) is 0 Å². The fourth-order valence-corrected chi connectivity index (χ4v) is 2.59. The third kappa shape index (κ3) is 6.06. The Morgan fingerprint density at radius 3 is 2.22 bits per heavy atom. The lowest BCUT2D eigenvalue weighted by Crippen LogP contribution is -2.30. The fourth-order valence-electron chi connectivity index (χ4n) is 2.59. The van der Waals surface area contributed by atoms with Gasteiger partial charge in [0.15, 0.2) is 11.9 Å². The van der Waals surface area contributed by atoms with Crippen molar-refractivity contribution < 1.29 is 19.1 Å². The molecule has 5 nitrogen and oxygen atoms in total. The maximum absolute atomic E-state index is 12.3. The zero-order valence-electron chi connectivity index (χ0n) is 16.1. The molecule has 5 heteroatoms. The first-order valence-corrected chi connectivity index (χ1v) is 8.98. The lowest BCUT2D eigenvalue weighted by Gasteiger charge is -2.14. The summed E-state index contributed by atoms with van der Waals surface area (Å²) in [5.74, 6) is -0.564. The molecule has 142 valence electrons. The summed E-state index contributed by atoms with van der Waals surface area (Å²) in [6.07, 6.45) is -0.0261. The summed E-state index contributed by atoms with van der Waals surface area (Å²) in [5.41, 5.74) is 2.53. The van der Waals surface area contributed by atoms with E-state index in [1.54, 1.807) is 36.4 Å². The van der Waals surface area contributed by atoms with E-state index in [4.69, 9.17) is 4.74 Å². The molecule has 0 aliphatic heterocycles. The standard InChI is InChI=1S/C22H25NO4/c1-14(2)12-17-8-10-18(11-9-17)22(26)27-16(4)21(25)23-20-7-5-6-19(13-20)15(3)24/h5-11,13-14,16H,12H2,1-4H3,(H,23,25)/t16-/m1/s1. The molecule has 0 unspecified atom stereocenters. The van der Waals surface area contributed by atoms with Crippen LogP contribution >= 0.6 is 0 Å². The van der Waals surface area contributed by atoms with E-state index < -0.39 is 18.0 Å². The molecule has 0 saturated carbocycles. The molecule has 2 rings (SSSR count). The molecule has 0 radical (unpaired) electrons. The Bertz CT molecular complexity index is 824. The first kappa shape index (κ1) is 20.4. The SMILES string of the molecule is CC(=O)c1cccc(NC(=O)[C@@H](C)OC(=O)c2ccc(CC(C)C)cc2)c1. The number of hydrogen-bond acceptors (Lipinski definition) is 4. The predicted octanol–water partition coefficient (Wildman–Crippen LogP) is 4.27. The molecule has 0 fully saturated rings. The summed E-state index contributed by atoms with van der Waals surface area (Å²) in [6.45, 7) is 7.23. The Morgan fingerprint density at radius 2 is 1.63 bits per heavy atom. The Labute approximate surface area is 159 Å². The topological polar surface area (TPSA) is 72.5 Å². The summed E-state index contributed by atoms with van der Waals surface area (Å²) in [4.78, 5) is 35.9. The molecule has 0 heterocycles. The third-order valence-electron chi connectivity index (χ3n) is 4.02. The Kier molecular flexibility index (Phi) is 6.88. The molecule has 1 atom stereocenters. The number of amides is 1. The smallest absolute Gasteiger partial charge is 0.338 e. The lowest BCUT2D eigenvalue weighted by molar-refractivity contribution is -0.123. The van der Waals surface area contributed by atoms with Crippen molar-refractivity contribution in [2.75, 3.05) is 5.32 Å². The van der Waals surface area contributed by atoms with Gasteiger partial charge in [-0.05, 0) is 56.0 Å². The van der Waals surface area contributed by atoms with Crippen molar-refractivity contribution in [3.05, 3.63) is 65.2 Å². The molecule has 27 heavy (non-hydrogen) atoms. The normalized spacial score (nSPS) is 11.7. The first-order chi connectivity index (χ1) is 12.8. The molecule has 0 saturated heterocycles. The molecule has 1 N–H and O–H groups in total. The number of carbonyl (C=O) groups excluding carboxylic acids is 3.